The summed E-state index contributed by atoms with van der Waals surface area (Å²) in [6, 6.07) is 2.66. The molecule has 1 aromatic rings. The van der Waals surface area contributed by atoms with Gasteiger partial charge in [0, 0.05) is 6.54 Å². The summed E-state index contributed by atoms with van der Waals surface area (Å²) in [5.74, 6) is 0.539. The Kier molecular flexibility index (Phi) is 4.75. The van der Waals surface area contributed by atoms with Crippen molar-refractivity contribution < 1.29 is 28.5 Å². The number of hydrogen-bond acceptors (Lipinski definition) is 6. The predicted molar refractivity (Wildman–Crippen MR) is 77.1 cm³/mol. The van der Waals surface area contributed by atoms with Crippen LogP contribution >= 0.6 is 0 Å². The van der Waals surface area contributed by atoms with Crippen molar-refractivity contribution in [1.29, 1.82) is 0 Å². The lowest BCUT2D eigenvalue weighted by molar-refractivity contribution is -0.147. The molecule has 1 aliphatic rings. The van der Waals surface area contributed by atoms with Crippen molar-refractivity contribution in [1.82, 2.24) is 4.90 Å². The Morgan fingerprint density at radius 3 is 2.23 bits per heavy atom. The highest BCUT2D eigenvalue weighted by molar-refractivity contribution is 5.84. The van der Waals surface area contributed by atoms with Gasteiger partial charge < -0.3 is 18.9 Å². The highest BCUT2D eigenvalue weighted by Gasteiger charge is 2.38. The van der Waals surface area contributed by atoms with Gasteiger partial charge in [-0.1, -0.05) is 0 Å². The molecule has 2 rings (SSSR count). The van der Waals surface area contributed by atoms with Crippen LogP contribution in [0.15, 0.2) is 12.1 Å². The normalized spacial score (nSPS) is 16.5. The third-order valence-electron chi connectivity index (χ3n) is 3.71. The molecule has 0 spiro atoms. The Morgan fingerprint density at radius 2 is 1.68 bits per heavy atom. The zero-order chi connectivity index (χ0) is 16.3. The van der Waals surface area contributed by atoms with Gasteiger partial charge in [0.2, 0.25) is 0 Å². The highest BCUT2D eigenvalue weighted by Crippen LogP contribution is 2.38. The second kappa shape index (κ2) is 6.55. The van der Waals surface area contributed by atoms with E-state index in [1.54, 1.807) is 13.2 Å². The molecule has 1 heterocycles. The molecule has 22 heavy (non-hydrogen) atoms. The van der Waals surface area contributed by atoms with E-state index in [1.807, 2.05) is 6.07 Å². The van der Waals surface area contributed by atoms with Crippen LogP contribution in [0.3, 0.4) is 0 Å². The largest absolute Gasteiger partial charge is 0.493 e. The fraction of sp³-hybridized carbons (Fsp3) is 0.467. The molecule has 0 saturated heterocycles. The first-order valence-corrected chi connectivity index (χ1v) is 6.74. The molecule has 0 saturated carbocycles. The molecule has 0 fully saturated rings. The van der Waals surface area contributed by atoms with Crippen LogP contribution in [-0.2, 0) is 20.7 Å². The number of carbonyl (C=O) groups is 2. The van der Waals surface area contributed by atoms with Gasteiger partial charge in [-0.05, 0) is 29.7 Å². The molecular weight excluding hydrogens is 290 g/mol. The summed E-state index contributed by atoms with van der Waals surface area (Å²) in [5, 5.41) is 0. The molecule has 7 heteroatoms. The average molecular weight is 309 g/mol. The molecule has 1 unspecified atom stereocenters. The molecule has 120 valence electrons. The number of rotatable bonds is 3. The highest BCUT2D eigenvalue weighted by atomic mass is 16.5. The number of carbonyl (C=O) groups excluding carboxylic acids is 2. The molecule has 1 atom stereocenters. The van der Waals surface area contributed by atoms with Gasteiger partial charge in [0.15, 0.2) is 17.5 Å². The first-order chi connectivity index (χ1) is 10.6. The average Bonchev–Trinajstić information content (AvgIpc) is 2.57. The second-order valence-electron chi connectivity index (χ2n) is 4.75. The van der Waals surface area contributed by atoms with Crippen LogP contribution in [0.1, 0.15) is 17.2 Å². The first kappa shape index (κ1) is 15.9. The van der Waals surface area contributed by atoms with E-state index >= 15 is 0 Å². The van der Waals surface area contributed by atoms with Gasteiger partial charge in [0.25, 0.3) is 0 Å². The van der Waals surface area contributed by atoms with Crippen LogP contribution in [0.4, 0.5) is 4.79 Å². The SMILES string of the molecule is COC(=O)C1c2cc(OC)c(OC)cc2CCN1C(=O)OC. The minimum atomic E-state index is -0.860. The van der Waals surface area contributed by atoms with E-state index < -0.39 is 18.1 Å². The van der Waals surface area contributed by atoms with Gasteiger partial charge in [-0.2, -0.15) is 0 Å². The van der Waals surface area contributed by atoms with Crippen LogP contribution in [0.25, 0.3) is 0 Å². The van der Waals surface area contributed by atoms with Crippen molar-refractivity contribution in [3.63, 3.8) is 0 Å². The second-order valence-corrected chi connectivity index (χ2v) is 4.75. The number of benzene rings is 1. The van der Waals surface area contributed by atoms with E-state index in [9.17, 15) is 9.59 Å². The summed E-state index contributed by atoms with van der Waals surface area (Å²) >= 11 is 0. The van der Waals surface area contributed by atoms with E-state index in [1.165, 1.54) is 26.2 Å². The Balaban J connectivity index is 2.54. The third kappa shape index (κ3) is 2.66. The standard InChI is InChI=1S/C15H19NO6/c1-19-11-7-9-5-6-16(15(18)22-4)13(14(17)21-3)10(9)8-12(11)20-2/h7-8,13H,5-6H2,1-4H3. The van der Waals surface area contributed by atoms with Gasteiger partial charge in [0.1, 0.15) is 0 Å². The Labute approximate surface area is 128 Å². The van der Waals surface area contributed by atoms with Gasteiger partial charge in [-0.25, -0.2) is 9.59 Å². The van der Waals surface area contributed by atoms with Crippen molar-refractivity contribution >= 4 is 12.1 Å². The van der Waals surface area contributed by atoms with Gasteiger partial charge in [0.05, 0.1) is 28.4 Å². The Hall–Kier alpha value is -2.44. The molecular formula is C15H19NO6. The molecule has 0 N–H and O–H groups in total. The van der Waals surface area contributed by atoms with Crippen LogP contribution in [0.2, 0.25) is 0 Å². The summed E-state index contributed by atoms with van der Waals surface area (Å²) in [6.45, 7) is 0.356. The lowest BCUT2D eigenvalue weighted by Gasteiger charge is -2.34. The van der Waals surface area contributed by atoms with Gasteiger partial charge in [-0.15, -0.1) is 0 Å². The van der Waals surface area contributed by atoms with E-state index in [4.69, 9.17) is 18.9 Å². The van der Waals surface area contributed by atoms with Crippen LogP contribution in [0, 0.1) is 0 Å². The molecule has 0 bridgehead atoms. The summed E-state index contributed by atoms with van der Waals surface area (Å²) in [6.07, 6.45) is 0.00833. The Morgan fingerprint density at radius 1 is 1.05 bits per heavy atom. The number of methoxy groups -OCH3 is 4. The van der Waals surface area contributed by atoms with Crippen LogP contribution in [0.5, 0.6) is 11.5 Å². The van der Waals surface area contributed by atoms with Crippen molar-refractivity contribution in [2.45, 2.75) is 12.5 Å². The topological polar surface area (TPSA) is 74.3 Å². The number of amides is 1. The summed E-state index contributed by atoms with van der Waals surface area (Å²) < 4.78 is 20.1. The van der Waals surface area contributed by atoms with E-state index in [2.05, 4.69) is 0 Å². The zero-order valence-corrected chi connectivity index (χ0v) is 13.0. The number of ether oxygens (including phenoxy) is 4. The zero-order valence-electron chi connectivity index (χ0n) is 13.0. The number of fused-ring (bicyclic) bond motifs is 1. The Bertz CT molecular complexity index is 586. The predicted octanol–water partition coefficient (Wildman–Crippen LogP) is 1.54. The minimum Gasteiger partial charge on any atom is -0.493 e. The lowest BCUT2D eigenvalue weighted by atomic mass is 9.92. The summed E-state index contributed by atoms with van der Waals surface area (Å²) in [7, 11) is 5.62. The van der Waals surface area contributed by atoms with Crippen molar-refractivity contribution in [3.05, 3.63) is 23.3 Å². The first-order valence-electron chi connectivity index (χ1n) is 6.74. The van der Waals surface area contributed by atoms with Crippen LogP contribution in [-0.4, -0.2) is 51.9 Å². The van der Waals surface area contributed by atoms with Crippen molar-refractivity contribution in [3.8, 4) is 11.5 Å². The molecule has 7 nitrogen and oxygen atoms in total. The fourth-order valence-corrected chi connectivity index (χ4v) is 2.63. The van der Waals surface area contributed by atoms with Gasteiger partial charge in [-0.3, -0.25) is 4.90 Å². The number of nitrogens with zero attached hydrogens (tertiary/aromatic N) is 1. The molecule has 1 aromatic carbocycles. The smallest absolute Gasteiger partial charge is 0.410 e. The number of hydrogen-bond donors (Lipinski definition) is 0. The fourth-order valence-electron chi connectivity index (χ4n) is 2.63. The summed E-state index contributed by atoms with van der Waals surface area (Å²) in [4.78, 5) is 25.4. The maximum atomic E-state index is 12.2. The lowest BCUT2D eigenvalue weighted by Crippen LogP contribution is -2.44. The molecule has 1 aliphatic heterocycles. The molecule has 0 radical (unpaired) electrons. The summed E-state index contributed by atoms with van der Waals surface area (Å²) in [5.41, 5.74) is 1.56. The monoisotopic (exact) mass is 309 g/mol. The maximum Gasteiger partial charge on any atom is 0.410 e. The van der Waals surface area contributed by atoms with E-state index in [0.29, 0.717) is 30.0 Å². The molecule has 0 aliphatic carbocycles. The maximum absolute atomic E-state index is 12.2. The number of esters is 1. The van der Waals surface area contributed by atoms with E-state index in [0.717, 1.165) is 5.56 Å². The van der Waals surface area contributed by atoms with Crippen LogP contribution < -0.4 is 9.47 Å². The van der Waals surface area contributed by atoms with E-state index in [-0.39, 0.29) is 0 Å². The minimum absolute atomic E-state index is 0.356. The third-order valence-corrected chi connectivity index (χ3v) is 3.71. The van der Waals surface area contributed by atoms with Crippen molar-refractivity contribution in [2.24, 2.45) is 0 Å². The molecule has 1 amide bonds. The van der Waals surface area contributed by atoms with Gasteiger partial charge >= 0.3 is 12.1 Å². The molecule has 0 aromatic heterocycles. The van der Waals surface area contributed by atoms with Crippen molar-refractivity contribution in [2.75, 3.05) is 35.0 Å². The quantitative estimate of drug-likeness (QED) is 0.789.